The summed E-state index contributed by atoms with van der Waals surface area (Å²) >= 11 is 0. The number of para-hydroxylation sites is 1. The van der Waals surface area contributed by atoms with E-state index in [1.54, 1.807) is 12.8 Å². The van der Waals surface area contributed by atoms with Gasteiger partial charge in [0.1, 0.15) is 0 Å². The Balaban J connectivity index is 1.59. The lowest BCUT2D eigenvalue weighted by molar-refractivity contribution is -0.0655. The maximum absolute atomic E-state index is 2.97. The molecule has 0 bridgehead atoms. The Labute approximate surface area is 154 Å². The van der Waals surface area contributed by atoms with Gasteiger partial charge in [0.2, 0.25) is 0 Å². The van der Waals surface area contributed by atoms with Crippen LogP contribution in [-0.4, -0.2) is 12.1 Å². The van der Waals surface area contributed by atoms with E-state index >= 15 is 0 Å². The van der Waals surface area contributed by atoms with Crippen LogP contribution < -0.4 is 4.90 Å². The van der Waals surface area contributed by atoms with Crippen LogP contribution in [-0.2, 0) is 0 Å². The standard InChI is InChI=1S/C24H35N/c1-3-11-19(12-4-1)25-22-15-7-5-13-20(22)24(17-9-2-10-18-24)21-14-6-8-16-23(21)25/h1,3-4,11-12,20-23H,2,5-10,13-18H2. The molecule has 4 fully saturated rings. The zero-order valence-corrected chi connectivity index (χ0v) is 15.8. The molecule has 4 unspecified atom stereocenters. The summed E-state index contributed by atoms with van der Waals surface area (Å²) in [4.78, 5) is 2.97. The van der Waals surface area contributed by atoms with E-state index < -0.39 is 0 Å². The fourth-order valence-corrected chi connectivity index (χ4v) is 7.69. The minimum absolute atomic E-state index is 0.708. The van der Waals surface area contributed by atoms with E-state index in [1.165, 1.54) is 76.3 Å². The summed E-state index contributed by atoms with van der Waals surface area (Å²) in [5, 5.41) is 0. The fourth-order valence-electron chi connectivity index (χ4n) is 7.69. The average Bonchev–Trinajstić information content (AvgIpc) is 2.70. The minimum Gasteiger partial charge on any atom is -0.365 e. The van der Waals surface area contributed by atoms with Gasteiger partial charge in [-0.2, -0.15) is 0 Å². The molecule has 1 nitrogen and oxygen atoms in total. The topological polar surface area (TPSA) is 3.24 Å². The van der Waals surface area contributed by atoms with E-state index in [1.807, 2.05) is 0 Å². The highest BCUT2D eigenvalue weighted by atomic mass is 15.2. The average molecular weight is 338 g/mol. The molecule has 0 aromatic heterocycles. The molecule has 1 spiro atoms. The zero-order chi connectivity index (χ0) is 16.7. The quantitative estimate of drug-likeness (QED) is 0.560. The predicted octanol–water partition coefficient (Wildman–Crippen LogP) is 6.57. The molecule has 3 saturated carbocycles. The summed E-state index contributed by atoms with van der Waals surface area (Å²) in [7, 11) is 0. The molecule has 4 atom stereocenters. The maximum Gasteiger partial charge on any atom is 0.0371 e. The summed E-state index contributed by atoms with van der Waals surface area (Å²) in [6.45, 7) is 0. The van der Waals surface area contributed by atoms with Gasteiger partial charge in [-0.25, -0.2) is 0 Å². The normalized spacial score (nSPS) is 37.4. The highest BCUT2D eigenvalue weighted by molar-refractivity contribution is 5.50. The Hall–Kier alpha value is -0.980. The number of hydrogen-bond acceptors (Lipinski definition) is 1. The monoisotopic (exact) mass is 337 g/mol. The van der Waals surface area contributed by atoms with E-state index in [0.717, 1.165) is 23.9 Å². The lowest BCUT2D eigenvalue weighted by atomic mass is 9.48. The summed E-state index contributed by atoms with van der Waals surface area (Å²) in [6, 6.07) is 13.2. The minimum atomic E-state index is 0.708. The lowest BCUT2D eigenvalue weighted by Crippen LogP contribution is -2.66. The van der Waals surface area contributed by atoms with E-state index in [9.17, 15) is 0 Å². The first-order chi connectivity index (χ1) is 12.4. The summed E-state index contributed by atoms with van der Waals surface area (Å²) in [6.07, 6.45) is 19.4. The van der Waals surface area contributed by atoms with Gasteiger partial charge >= 0.3 is 0 Å². The van der Waals surface area contributed by atoms with Gasteiger partial charge in [-0.15, -0.1) is 0 Å². The van der Waals surface area contributed by atoms with Crippen molar-refractivity contribution in [1.82, 2.24) is 0 Å². The molecule has 4 aliphatic rings. The van der Waals surface area contributed by atoms with Crippen LogP contribution in [0.3, 0.4) is 0 Å². The SMILES string of the molecule is c1ccc(N2C3CCCCC3C3(CCCCC3)C3CCCCC32)cc1. The van der Waals surface area contributed by atoms with Gasteiger partial charge in [-0.05, 0) is 67.9 Å². The van der Waals surface area contributed by atoms with Gasteiger partial charge in [0, 0.05) is 17.8 Å². The molecule has 1 heterocycles. The van der Waals surface area contributed by atoms with Gasteiger partial charge in [0.15, 0.2) is 0 Å². The first kappa shape index (κ1) is 16.2. The van der Waals surface area contributed by atoms with Crippen molar-refractivity contribution in [2.45, 2.75) is 95.6 Å². The zero-order valence-electron chi connectivity index (χ0n) is 15.8. The molecule has 1 saturated heterocycles. The summed E-state index contributed by atoms with van der Waals surface area (Å²) in [5.74, 6) is 1.95. The molecule has 1 aliphatic heterocycles. The second-order valence-corrected chi connectivity index (χ2v) is 9.45. The summed E-state index contributed by atoms with van der Waals surface area (Å²) in [5.41, 5.74) is 2.24. The largest absolute Gasteiger partial charge is 0.365 e. The fraction of sp³-hybridized carbons (Fsp3) is 0.750. The molecule has 0 radical (unpaired) electrons. The Morgan fingerprint density at radius 3 is 1.80 bits per heavy atom. The van der Waals surface area contributed by atoms with E-state index in [-0.39, 0.29) is 0 Å². The Morgan fingerprint density at radius 2 is 1.20 bits per heavy atom. The number of piperidine rings is 1. The van der Waals surface area contributed by atoms with Crippen molar-refractivity contribution in [2.75, 3.05) is 4.90 Å². The van der Waals surface area contributed by atoms with E-state index in [2.05, 4.69) is 35.2 Å². The third-order valence-electron chi connectivity index (χ3n) is 8.49. The molecular formula is C24H35N. The molecule has 3 aliphatic carbocycles. The number of benzene rings is 1. The number of rotatable bonds is 1. The third kappa shape index (κ3) is 2.56. The van der Waals surface area contributed by atoms with Crippen molar-refractivity contribution in [1.29, 1.82) is 0 Å². The number of nitrogens with zero attached hydrogens (tertiary/aromatic N) is 1. The van der Waals surface area contributed by atoms with Crippen LogP contribution in [0.1, 0.15) is 83.5 Å². The summed E-state index contributed by atoms with van der Waals surface area (Å²) < 4.78 is 0. The van der Waals surface area contributed by atoms with Crippen LogP contribution in [0, 0.1) is 17.3 Å². The molecule has 1 heteroatoms. The van der Waals surface area contributed by atoms with Gasteiger partial charge < -0.3 is 4.90 Å². The van der Waals surface area contributed by atoms with Crippen LogP contribution in [0.4, 0.5) is 5.69 Å². The Kier molecular flexibility index (Phi) is 4.30. The molecule has 1 aromatic carbocycles. The Bertz CT molecular complexity index is 547. The molecule has 1 aromatic rings. The molecule has 136 valence electrons. The van der Waals surface area contributed by atoms with Crippen LogP contribution in [0.5, 0.6) is 0 Å². The molecule has 5 rings (SSSR count). The highest BCUT2D eigenvalue weighted by Crippen LogP contribution is 2.61. The van der Waals surface area contributed by atoms with E-state index in [4.69, 9.17) is 0 Å². The second-order valence-electron chi connectivity index (χ2n) is 9.45. The van der Waals surface area contributed by atoms with Gasteiger partial charge in [0.25, 0.3) is 0 Å². The molecule has 0 amide bonds. The predicted molar refractivity (Wildman–Crippen MR) is 106 cm³/mol. The van der Waals surface area contributed by atoms with Crippen LogP contribution in [0.25, 0.3) is 0 Å². The van der Waals surface area contributed by atoms with Gasteiger partial charge in [-0.3, -0.25) is 0 Å². The van der Waals surface area contributed by atoms with Gasteiger partial charge in [0.05, 0.1) is 0 Å². The second kappa shape index (κ2) is 6.63. The van der Waals surface area contributed by atoms with Crippen molar-refractivity contribution in [3.8, 4) is 0 Å². The van der Waals surface area contributed by atoms with Crippen LogP contribution >= 0.6 is 0 Å². The van der Waals surface area contributed by atoms with Crippen molar-refractivity contribution in [2.24, 2.45) is 17.3 Å². The molecular weight excluding hydrogens is 302 g/mol. The lowest BCUT2D eigenvalue weighted by Gasteiger charge is -2.65. The number of hydrogen-bond donors (Lipinski definition) is 0. The van der Waals surface area contributed by atoms with Crippen molar-refractivity contribution in [3.05, 3.63) is 30.3 Å². The van der Waals surface area contributed by atoms with E-state index in [0.29, 0.717) is 5.41 Å². The van der Waals surface area contributed by atoms with Crippen LogP contribution in [0.15, 0.2) is 30.3 Å². The number of anilines is 1. The highest BCUT2D eigenvalue weighted by Gasteiger charge is 2.58. The van der Waals surface area contributed by atoms with Crippen molar-refractivity contribution >= 4 is 5.69 Å². The van der Waals surface area contributed by atoms with Crippen molar-refractivity contribution < 1.29 is 0 Å². The number of fused-ring (bicyclic) bond motifs is 4. The first-order valence-electron chi connectivity index (χ1n) is 11.2. The smallest absolute Gasteiger partial charge is 0.0371 e. The van der Waals surface area contributed by atoms with Crippen LogP contribution in [0.2, 0.25) is 0 Å². The van der Waals surface area contributed by atoms with Gasteiger partial charge in [-0.1, -0.05) is 63.1 Å². The first-order valence-corrected chi connectivity index (χ1v) is 11.2. The maximum atomic E-state index is 2.97. The third-order valence-corrected chi connectivity index (χ3v) is 8.49. The van der Waals surface area contributed by atoms with Crippen molar-refractivity contribution in [3.63, 3.8) is 0 Å². The molecule has 0 N–H and O–H groups in total. The Morgan fingerprint density at radius 1 is 0.640 bits per heavy atom. The molecule has 25 heavy (non-hydrogen) atoms.